The minimum Gasteiger partial charge on any atom is -0.493 e. The standard InChI is InChI=1S/C31H35N3O/c1(2-4-14-25-35-30-23-15-17-26-16-11-12-22-29(26)30)3-13-24-32-31(33-27-18-7-5-8-19-27)34-28-20-9-6-10-21-28/h5-12,15-23H,1-4,13-14,24-25H2,(H2,32,33,34). The van der Waals surface area contributed by atoms with Crippen LogP contribution >= 0.6 is 0 Å². The topological polar surface area (TPSA) is 45.7 Å². The van der Waals surface area contributed by atoms with Gasteiger partial charge in [0, 0.05) is 23.3 Å². The van der Waals surface area contributed by atoms with E-state index >= 15 is 0 Å². The van der Waals surface area contributed by atoms with Crippen LogP contribution in [0.5, 0.6) is 5.75 Å². The number of benzene rings is 4. The summed E-state index contributed by atoms with van der Waals surface area (Å²) in [5.41, 5.74) is 2.06. The zero-order valence-electron chi connectivity index (χ0n) is 20.3. The number of hydrogen-bond donors (Lipinski definition) is 2. The first kappa shape index (κ1) is 24.3. The summed E-state index contributed by atoms with van der Waals surface area (Å²) in [6, 6.07) is 35.0. The molecule has 4 rings (SSSR count). The Morgan fingerprint density at radius 3 is 1.86 bits per heavy atom. The Bertz CT molecular complexity index is 1130. The molecule has 0 fully saturated rings. The molecule has 0 atom stereocenters. The van der Waals surface area contributed by atoms with Crippen LogP contribution < -0.4 is 15.4 Å². The summed E-state index contributed by atoms with van der Waals surface area (Å²) in [5, 5.41) is 9.23. The van der Waals surface area contributed by atoms with Crippen LogP contribution in [-0.2, 0) is 0 Å². The van der Waals surface area contributed by atoms with Crippen LogP contribution in [0.2, 0.25) is 0 Å². The molecule has 4 nitrogen and oxygen atoms in total. The highest BCUT2D eigenvalue weighted by atomic mass is 16.5. The van der Waals surface area contributed by atoms with Crippen LogP contribution in [-0.4, -0.2) is 19.1 Å². The smallest absolute Gasteiger partial charge is 0.200 e. The van der Waals surface area contributed by atoms with E-state index in [1.807, 2.05) is 60.7 Å². The van der Waals surface area contributed by atoms with E-state index in [9.17, 15) is 0 Å². The molecule has 0 aromatic heterocycles. The Morgan fingerprint density at radius 1 is 0.571 bits per heavy atom. The molecular weight excluding hydrogens is 430 g/mol. The average molecular weight is 466 g/mol. The lowest BCUT2D eigenvalue weighted by molar-refractivity contribution is 0.308. The van der Waals surface area contributed by atoms with Gasteiger partial charge in [0.05, 0.1) is 6.61 Å². The third-order valence-corrected chi connectivity index (χ3v) is 5.90. The van der Waals surface area contributed by atoms with E-state index in [-0.39, 0.29) is 0 Å². The summed E-state index contributed by atoms with van der Waals surface area (Å²) in [7, 11) is 0. The van der Waals surface area contributed by atoms with Gasteiger partial charge < -0.3 is 15.4 Å². The number of guanidine groups is 1. The lowest BCUT2D eigenvalue weighted by atomic mass is 10.1. The fourth-order valence-electron chi connectivity index (χ4n) is 4.04. The van der Waals surface area contributed by atoms with Crippen molar-refractivity contribution in [2.45, 2.75) is 38.5 Å². The van der Waals surface area contributed by atoms with Crippen molar-refractivity contribution in [1.29, 1.82) is 0 Å². The second-order valence-electron chi connectivity index (χ2n) is 8.66. The first-order chi connectivity index (χ1) is 17.4. The normalized spacial score (nSPS) is 10.6. The second kappa shape index (κ2) is 13.8. The summed E-state index contributed by atoms with van der Waals surface area (Å²) in [6.45, 7) is 1.58. The Morgan fingerprint density at radius 2 is 1.14 bits per heavy atom. The molecule has 180 valence electrons. The van der Waals surface area contributed by atoms with Crippen molar-refractivity contribution >= 4 is 28.1 Å². The molecule has 4 aromatic rings. The van der Waals surface area contributed by atoms with E-state index in [4.69, 9.17) is 9.73 Å². The molecule has 0 bridgehead atoms. The number of fused-ring (bicyclic) bond motifs is 1. The maximum Gasteiger partial charge on any atom is 0.200 e. The van der Waals surface area contributed by atoms with Crippen molar-refractivity contribution in [2.24, 2.45) is 4.99 Å². The van der Waals surface area contributed by atoms with Gasteiger partial charge in [-0.05, 0) is 48.6 Å². The molecule has 4 heteroatoms. The summed E-state index contributed by atoms with van der Waals surface area (Å²) in [6.07, 6.45) is 7.04. The number of ether oxygens (including phenoxy) is 1. The maximum absolute atomic E-state index is 6.06. The van der Waals surface area contributed by atoms with Crippen LogP contribution in [0.4, 0.5) is 11.4 Å². The summed E-state index contributed by atoms with van der Waals surface area (Å²) < 4.78 is 6.06. The number of rotatable bonds is 12. The predicted octanol–water partition coefficient (Wildman–Crippen LogP) is 8.14. The minimum absolute atomic E-state index is 0.776. The number of unbranched alkanes of at least 4 members (excludes halogenated alkanes) is 5. The zero-order valence-corrected chi connectivity index (χ0v) is 20.3. The van der Waals surface area contributed by atoms with Crippen molar-refractivity contribution in [3.63, 3.8) is 0 Å². The van der Waals surface area contributed by atoms with Gasteiger partial charge in [-0.3, -0.25) is 4.99 Å². The molecule has 0 amide bonds. The molecule has 0 heterocycles. The molecule has 4 aromatic carbocycles. The van der Waals surface area contributed by atoms with E-state index < -0.39 is 0 Å². The van der Waals surface area contributed by atoms with Crippen molar-refractivity contribution in [3.8, 4) is 5.75 Å². The Kier molecular flexibility index (Phi) is 9.60. The fraction of sp³-hybridized carbons (Fsp3) is 0.258. The highest BCUT2D eigenvalue weighted by Crippen LogP contribution is 2.25. The number of hydrogen-bond acceptors (Lipinski definition) is 2. The monoisotopic (exact) mass is 465 g/mol. The Hall–Kier alpha value is -3.79. The fourth-order valence-corrected chi connectivity index (χ4v) is 4.04. The van der Waals surface area contributed by atoms with E-state index in [0.29, 0.717) is 0 Å². The van der Waals surface area contributed by atoms with Crippen LogP contribution in [0.1, 0.15) is 38.5 Å². The molecule has 0 radical (unpaired) electrons. The second-order valence-corrected chi connectivity index (χ2v) is 8.66. The van der Waals surface area contributed by atoms with Crippen molar-refractivity contribution in [3.05, 3.63) is 103 Å². The van der Waals surface area contributed by atoms with Gasteiger partial charge in [-0.15, -0.1) is 0 Å². The highest BCUT2D eigenvalue weighted by molar-refractivity contribution is 6.03. The lowest BCUT2D eigenvalue weighted by Crippen LogP contribution is -2.22. The summed E-state index contributed by atoms with van der Waals surface area (Å²) in [5.74, 6) is 1.78. The Balaban J connectivity index is 1.13. The third-order valence-electron chi connectivity index (χ3n) is 5.90. The predicted molar refractivity (Wildman–Crippen MR) is 150 cm³/mol. The van der Waals surface area contributed by atoms with Gasteiger partial charge in [0.15, 0.2) is 5.96 Å². The molecule has 0 aliphatic rings. The van der Waals surface area contributed by atoms with Gasteiger partial charge in [0.2, 0.25) is 0 Å². The molecule has 0 spiro atoms. The number of anilines is 2. The molecule has 0 aliphatic heterocycles. The van der Waals surface area contributed by atoms with Crippen molar-refractivity contribution in [1.82, 2.24) is 0 Å². The first-order valence-corrected chi connectivity index (χ1v) is 12.7. The highest BCUT2D eigenvalue weighted by Gasteiger charge is 2.02. The largest absolute Gasteiger partial charge is 0.493 e. The van der Waals surface area contributed by atoms with Gasteiger partial charge in [0.25, 0.3) is 0 Å². The number of aliphatic imine (C=N–C) groups is 1. The molecule has 0 aliphatic carbocycles. The average Bonchev–Trinajstić information content (AvgIpc) is 2.91. The molecule has 0 saturated heterocycles. The SMILES string of the molecule is c1ccc(NC(=NCCCCCCCCOc2cccc3ccccc23)Nc2ccccc2)cc1. The van der Waals surface area contributed by atoms with Crippen LogP contribution in [0, 0.1) is 0 Å². The number of nitrogens with one attached hydrogen (secondary N) is 2. The number of para-hydroxylation sites is 2. The summed E-state index contributed by atoms with van der Waals surface area (Å²) >= 11 is 0. The van der Waals surface area contributed by atoms with E-state index in [0.717, 1.165) is 49.1 Å². The van der Waals surface area contributed by atoms with Crippen LogP contribution in [0.3, 0.4) is 0 Å². The quantitative estimate of drug-likeness (QED) is 0.126. The van der Waals surface area contributed by atoms with Gasteiger partial charge in [0.1, 0.15) is 5.75 Å². The van der Waals surface area contributed by atoms with Crippen LogP contribution in [0.15, 0.2) is 108 Å². The molecule has 0 unspecified atom stereocenters. The van der Waals surface area contributed by atoms with Gasteiger partial charge in [-0.25, -0.2) is 0 Å². The van der Waals surface area contributed by atoms with Gasteiger partial charge in [-0.2, -0.15) is 0 Å². The van der Waals surface area contributed by atoms with E-state index in [2.05, 4.69) is 53.1 Å². The summed E-state index contributed by atoms with van der Waals surface area (Å²) in [4.78, 5) is 4.79. The molecule has 2 N–H and O–H groups in total. The Labute approximate surface area is 209 Å². The maximum atomic E-state index is 6.06. The molecular formula is C31H35N3O. The van der Waals surface area contributed by atoms with Crippen LogP contribution in [0.25, 0.3) is 10.8 Å². The van der Waals surface area contributed by atoms with Crippen molar-refractivity contribution < 1.29 is 4.74 Å². The molecule has 35 heavy (non-hydrogen) atoms. The minimum atomic E-state index is 0.776. The molecule has 0 saturated carbocycles. The zero-order chi connectivity index (χ0) is 24.0. The first-order valence-electron chi connectivity index (χ1n) is 12.7. The van der Waals surface area contributed by atoms with E-state index in [1.165, 1.54) is 36.5 Å². The van der Waals surface area contributed by atoms with E-state index in [1.54, 1.807) is 0 Å². The third kappa shape index (κ3) is 8.18. The van der Waals surface area contributed by atoms with Gasteiger partial charge >= 0.3 is 0 Å². The van der Waals surface area contributed by atoms with Crippen molar-refractivity contribution in [2.75, 3.05) is 23.8 Å². The van der Waals surface area contributed by atoms with Gasteiger partial charge in [-0.1, -0.05) is 98.5 Å². The number of nitrogens with zero attached hydrogens (tertiary/aromatic N) is 1. The lowest BCUT2D eigenvalue weighted by Gasteiger charge is -2.12.